The van der Waals surface area contributed by atoms with Crippen LogP contribution in [0.2, 0.25) is 0 Å². The van der Waals surface area contributed by atoms with E-state index in [9.17, 15) is 13.2 Å². The van der Waals surface area contributed by atoms with Crippen LogP contribution in [0.1, 0.15) is 26.3 Å². The number of hydrogen-bond donors (Lipinski definition) is 1. The van der Waals surface area contributed by atoms with Crippen LogP contribution in [0.4, 0.5) is 0 Å². The fourth-order valence-corrected chi connectivity index (χ4v) is 2.10. The number of esters is 1. The molecule has 0 aliphatic heterocycles. The molecule has 130 valence electrons. The number of carbonyl (C=O) groups excluding carboxylic acids is 1. The van der Waals surface area contributed by atoms with Crippen molar-refractivity contribution in [1.29, 1.82) is 0 Å². The number of ether oxygens (including phenoxy) is 1. The van der Waals surface area contributed by atoms with Crippen molar-refractivity contribution >= 4 is 16.3 Å². The highest BCUT2D eigenvalue weighted by Crippen LogP contribution is 2.17. The minimum absolute atomic E-state index is 0.188. The lowest BCUT2D eigenvalue weighted by atomic mass is 10.1. The quantitative estimate of drug-likeness (QED) is 0.776. The van der Waals surface area contributed by atoms with Gasteiger partial charge in [0.1, 0.15) is 17.4 Å². The van der Waals surface area contributed by atoms with E-state index in [1.807, 2.05) is 0 Å². The second kappa shape index (κ2) is 7.29. The van der Waals surface area contributed by atoms with E-state index in [4.69, 9.17) is 14.7 Å². The molecule has 0 aliphatic carbocycles. The first-order valence-electron chi connectivity index (χ1n) is 7.10. The van der Waals surface area contributed by atoms with Gasteiger partial charge in [0.15, 0.2) is 0 Å². The van der Waals surface area contributed by atoms with Crippen LogP contribution in [0.5, 0.6) is 5.75 Å². The molecule has 1 aromatic carbocycles. The Kier molecular flexibility index (Phi) is 6.15. The van der Waals surface area contributed by atoms with Crippen LogP contribution in [0.25, 0.3) is 0 Å². The fraction of sp³-hybridized carbons (Fsp3) is 0.533. The number of rotatable bonds is 6. The summed E-state index contributed by atoms with van der Waals surface area (Å²) < 4.78 is 34.3. The van der Waals surface area contributed by atoms with Crippen LogP contribution in [-0.4, -0.2) is 44.4 Å². The van der Waals surface area contributed by atoms with Gasteiger partial charge in [0.2, 0.25) is 0 Å². The van der Waals surface area contributed by atoms with Gasteiger partial charge < -0.3 is 14.7 Å². The van der Waals surface area contributed by atoms with E-state index in [1.54, 1.807) is 32.9 Å². The zero-order chi connectivity index (χ0) is 17.8. The average Bonchev–Trinajstić information content (AvgIpc) is 2.38. The summed E-state index contributed by atoms with van der Waals surface area (Å²) in [4.78, 5) is 11.8. The third-order valence-electron chi connectivity index (χ3n) is 2.74. The summed E-state index contributed by atoms with van der Waals surface area (Å²) in [5.74, 6) is -0.290. The van der Waals surface area contributed by atoms with Gasteiger partial charge in [-0.25, -0.2) is 0 Å². The van der Waals surface area contributed by atoms with Crippen molar-refractivity contribution in [3.63, 3.8) is 0 Å². The Morgan fingerprint density at radius 3 is 2.17 bits per heavy atom. The predicted molar refractivity (Wildman–Crippen MR) is 87.2 cm³/mol. The number of nitrogens with zero attached hydrogens (tertiary/aromatic N) is 1. The number of hydrogen-bond acceptors (Lipinski definition) is 6. The van der Waals surface area contributed by atoms with Gasteiger partial charge in [0, 0.05) is 14.1 Å². The summed E-state index contributed by atoms with van der Waals surface area (Å²) >= 11 is 0. The summed E-state index contributed by atoms with van der Waals surface area (Å²) in [5.41, 5.74) is 6.01. The Morgan fingerprint density at radius 1 is 1.22 bits per heavy atom. The molecule has 0 heterocycles. The Bertz CT molecular complexity index is 633. The SMILES string of the molecule is CN(C)S(=O)(=O)Oc1ccc(C[C@H](N)C(=O)OC(C)(C)C)cc1. The van der Waals surface area contributed by atoms with E-state index in [-0.39, 0.29) is 12.2 Å². The molecule has 0 aliphatic rings. The third kappa shape index (κ3) is 6.55. The standard InChI is InChI=1S/C15H24N2O5S/c1-15(2,3)21-14(18)13(16)10-11-6-8-12(9-7-11)22-23(19,20)17(4)5/h6-9,13H,10,16H2,1-5H3/t13-/m0/s1. The van der Waals surface area contributed by atoms with Gasteiger partial charge in [-0.15, -0.1) is 0 Å². The van der Waals surface area contributed by atoms with Crippen LogP contribution in [-0.2, 0) is 26.3 Å². The van der Waals surface area contributed by atoms with Gasteiger partial charge in [-0.3, -0.25) is 4.79 Å². The monoisotopic (exact) mass is 344 g/mol. The molecule has 0 bridgehead atoms. The normalized spacial score (nSPS) is 13.7. The summed E-state index contributed by atoms with van der Waals surface area (Å²) in [5, 5.41) is 0. The van der Waals surface area contributed by atoms with Gasteiger partial charge in [-0.05, 0) is 44.9 Å². The second-order valence-electron chi connectivity index (χ2n) is 6.31. The molecular weight excluding hydrogens is 320 g/mol. The van der Waals surface area contributed by atoms with E-state index in [1.165, 1.54) is 26.2 Å². The highest BCUT2D eigenvalue weighted by atomic mass is 32.2. The average molecular weight is 344 g/mol. The van der Waals surface area contributed by atoms with E-state index in [0.29, 0.717) is 0 Å². The minimum Gasteiger partial charge on any atom is -0.459 e. The molecule has 23 heavy (non-hydrogen) atoms. The Morgan fingerprint density at radius 2 is 1.74 bits per heavy atom. The van der Waals surface area contributed by atoms with Crippen LogP contribution in [0.3, 0.4) is 0 Å². The molecule has 7 nitrogen and oxygen atoms in total. The molecule has 0 spiro atoms. The highest BCUT2D eigenvalue weighted by Gasteiger charge is 2.22. The maximum atomic E-state index is 11.8. The topological polar surface area (TPSA) is 98.9 Å². The zero-order valence-electron chi connectivity index (χ0n) is 14.1. The van der Waals surface area contributed by atoms with Crippen molar-refractivity contribution in [2.45, 2.75) is 38.8 Å². The molecule has 2 N–H and O–H groups in total. The first-order chi connectivity index (χ1) is 10.4. The third-order valence-corrected chi connectivity index (χ3v) is 4.03. The second-order valence-corrected chi connectivity index (χ2v) is 8.06. The predicted octanol–water partition coefficient (Wildman–Crippen LogP) is 1.08. The highest BCUT2D eigenvalue weighted by molar-refractivity contribution is 7.84. The van der Waals surface area contributed by atoms with E-state index < -0.39 is 27.9 Å². The van der Waals surface area contributed by atoms with Crippen molar-refractivity contribution < 1.29 is 22.1 Å². The van der Waals surface area contributed by atoms with Crippen molar-refractivity contribution in [3.05, 3.63) is 29.8 Å². The van der Waals surface area contributed by atoms with E-state index in [2.05, 4.69) is 0 Å². The molecule has 1 rings (SSSR count). The van der Waals surface area contributed by atoms with E-state index in [0.717, 1.165) is 9.87 Å². The summed E-state index contributed by atoms with van der Waals surface area (Å²) in [7, 11) is -1.03. The van der Waals surface area contributed by atoms with Gasteiger partial charge in [0.25, 0.3) is 0 Å². The number of nitrogens with two attached hydrogens (primary N) is 1. The molecule has 0 amide bonds. The lowest BCUT2D eigenvalue weighted by Gasteiger charge is -2.22. The Labute approximate surface area is 137 Å². The maximum absolute atomic E-state index is 11.8. The van der Waals surface area contributed by atoms with Crippen molar-refractivity contribution in [2.75, 3.05) is 14.1 Å². The van der Waals surface area contributed by atoms with Crippen LogP contribution < -0.4 is 9.92 Å². The smallest absolute Gasteiger partial charge is 0.384 e. The van der Waals surface area contributed by atoms with Gasteiger partial charge in [-0.2, -0.15) is 12.7 Å². The molecule has 0 fully saturated rings. The van der Waals surface area contributed by atoms with Crippen molar-refractivity contribution in [2.24, 2.45) is 5.73 Å². The van der Waals surface area contributed by atoms with Crippen LogP contribution in [0.15, 0.2) is 24.3 Å². The minimum atomic E-state index is -3.79. The lowest BCUT2D eigenvalue weighted by Crippen LogP contribution is -2.38. The Balaban J connectivity index is 2.69. The van der Waals surface area contributed by atoms with Crippen molar-refractivity contribution in [1.82, 2.24) is 4.31 Å². The summed E-state index contributed by atoms with van der Waals surface area (Å²) in [6, 6.07) is 5.55. The molecule has 0 aromatic heterocycles. The van der Waals surface area contributed by atoms with Gasteiger partial charge in [-0.1, -0.05) is 12.1 Å². The van der Waals surface area contributed by atoms with Crippen LogP contribution >= 0.6 is 0 Å². The fourth-order valence-electron chi connectivity index (χ4n) is 1.59. The molecule has 0 saturated heterocycles. The molecule has 0 saturated carbocycles. The zero-order valence-corrected chi connectivity index (χ0v) is 14.9. The van der Waals surface area contributed by atoms with Crippen LogP contribution in [0, 0.1) is 0 Å². The van der Waals surface area contributed by atoms with Crippen molar-refractivity contribution in [3.8, 4) is 5.75 Å². The summed E-state index contributed by atoms with van der Waals surface area (Å²) in [6.07, 6.45) is 0.287. The molecule has 0 radical (unpaired) electrons. The van der Waals surface area contributed by atoms with Gasteiger partial charge >= 0.3 is 16.3 Å². The lowest BCUT2D eigenvalue weighted by molar-refractivity contribution is -0.156. The molecule has 1 aromatic rings. The largest absolute Gasteiger partial charge is 0.459 e. The number of carbonyl (C=O) groups is 1. The first-order valence-corrected chi connectivity index (χ1v) is 8.46. The molecule has 1 atom stereocenters. The Hall–Kier alpha value is -1.64. The summed E-state index contributed by atoms with van der Waals surface area (Å²) in [6.45, 7) is 5.32. The molecule has 8 heteroatoms. The molecular formula is C15H24N2O5S. The number of benzene rings is 1. The van der Waals surface area contributed by atoms with Gasteiger partial charge in [0.05, 0.1) is 0 Å². The molecule has 0 unspecified atom stereocenters. The maximum Gasteiger partial charge on any atom is 0.384 e. The first kappa shape index (κ1) is 19.4. The van der Waals surface area contributed by atoms with E-state index >= 15 is 0 Å².